The Bertz CT molecular complexity index is 1170. The van der Waals surface area contributed by atoms with Crippen LogP contribution in [0.15, 0.2) is 63.5 Å². The lowest BCUT2D eigenvalue weighted by atomic mass is 10.1. The van der Waals surface area contributed by atoms with Gasteiger partial charge in [0.1, 0.15) is 5.75 Å². The molecule has 0 bridgehead atoms. The van der Waals surface area contributed by atoms with Crippen molar-refractivity contribution in [2.24, 2.45) is 0 Å². The van der Waals surface area contributed by atoms with E-state index in [1.54, 1.807) is 30.3 Å². The molecule has 0 aliphatic carbocycles. The molecule has 0 saturated heterocycles. The lowest BCUT2D eigenvalue weighted by Crippen LogP contribution is -2.44. The van der Waals surface area contributed by atoms with Crippen LogP contribution < -0.4 is 20.9 Å². The molecule has 3 amide bonds. The van der Waals surface area contributed by atoms with E-state index < -0.39 is 11.8 Å². The van der Waals surface area contributed by atoms with E-state index >= 15 is 0 Å². The number of carbonyl (C=O) groups excluding carboxylic acids is 3. The molecule has 0 fully saturated rings. The molecule has 0 radical (unpaired) electrons. The Morgan fingerprint density at radius 1 is 0.875 bits per heavy atom. The van der Waals surface area contributed by atoms with E-state index in [0.717, 1.165) is 19.7 Å². The zero-order valence-electron chi connectivity index (χ0n) is 16.6. The summed E-state index contributed by atoms with van der Waals surface area (Å²) in [5, 5.41) is 4.98. The second kappa shape index (κ2) is 11.3. The minimum atomic E-state index is -0.540. The smallest absolute Gasteiger partial charge is 0.276 e. The number of nitrogens with one attached hydrogen (secondary N) is 3. The third-order valence-corrected chi connectivity index (χ3v) is 5.95. The van der Waals surface area contributed by atoms with Gasteiger partial charge >= 0.3 is 0 Å². The lowest BCUT2D eigenvalue weighted by Gasteiger charge is -2.11. The van der Waals surface area contributed by atoms with Crippen LogP contribution in [0.2, 0.25) is 5.02 Å². The van der Waals surface area contributed by atoms with Crippen molar-refractivity contribution in [2.45, 2.75) is 12.8 Å². The highest BCUT2D eigenvalue weighted by molar-refractivity contribution is 9.11. The summed E-state index contributed by atoms with van der Waals surface area (Å²) in [5.41, 5.74) is 4.99. The summed E-state index contributed by atoms with van der Waals surface area (Å²) < 4.78 is 7.23. The zero-order chi connectivity index (χ0) is 23.1. The van der Waals surface area contributed by atoms with Crippen molar-refractivity contribution in [1.29, 1.82) is 0 Å². The SMILES string of the molecule is O=C(CCC(=O)Nc1ccccc1Cl)NNC(=O)COc1ccc2cc(Br)ccc2c1Br. The third-order valence-electron chi connectivity index (χ3n) is 4.31. The highest BCUT2D eigenvalue weighted by Gasteiger charge is 2.12. The van der Waals surface area contributed by atoms with E-state index in [2.05, 4.69) is 48.0 Å². The molecular weight excluding hydrogens is 566 g/mol. The van der Waals surface area contributed by atoms with Gasteiger partial charge in [0.2, 0.25) is 11.8 Å². The number of halogens is 3. The Balaban J connectivity index is 1.41. The Hall–Kier alpha value is -2.62. The second-order valence-electron chi connectivity index (χ2n) is 6.66. The standard InChI is InChI=1S/C22H18Br2ClN3O4/c23-14-6-7-15-13(11-14)5-8-18(22(15)24)32-12-21(31)28-27-20(30)10-9-19(29)26-17-4-2-1-3-16(17)25/h1-8,11H,9-10,12H2,(H,26,29)(H,27,30)(H,28,31). The second-order valence-corrected chi connectivity index (χ2v) is 8.77. The van der Waals surface area contributed by atoms with Crippen molar-refractivity contribution in [3.05, 3.63) is 68.6 Å². The van der Waals surface area contributed by atoms with E-state index in [4.69, 9.17) is 16.3 Å². The first-order valence-electron chi connectivity index (χ1n) is 9.46. The summed E-state index contributed by atoms with van der Waals surface area (Å²) in [6.45, 7) is -0.298. The Morgan fingerprint density at radius 3 is 2.38 bits per heavy atom. The molecule has 0 aliphatic heterocycles. The fraction of sp³-hybridized carbons (Fsp3) is 0.136. The molecule has 166 valence electrons. The molecule has 7 nitrogen and oxygen atoms in total. The lowest BCUT2D eigenvalue weighted by molar-refractivity contribution is -0.130. The van der Waals surface area contributed by atoms with Crippen LogP contribution >= 0.6 is 43.5 Å². The van der Waals surface area contributed by atoms with Gasteiger partial charge in [0.05, 0.1) is 15.2 Å². The number of hydrazine groups is 1. The fourth-order valence-electron chi connectivity index (χ4n) is 2.74. The monoisotopic (exact) mass is 581 g/mol. The van der Waals surface area contributed by atoms with Crippen LogP contribution in [0.3, 0.4) is 0 Å². The van der Waals surface area contributed by atoms with Gasteiger partial charge in [-0.3, -0.25) is 25.2 Å². The predicted molar refractivity (Wildman–Crippen MR) is 130 cm³/mol. The van der Waals surface area contributed by atoms with Gasteiger partial charge in [0.15, 0.2) is 6.61 Å². The number of para-hydroxylation sites is 1. The summed E-state index contributed by atoms with van der Waals surface area (Å²) in [5.74, 6) is -0.916. The average Bonchev–Trinajstić information content (AvgIpc) is 2.77. The normalized spacial score (nSPS) is 10.5. The molecule has 3 aromatic rings. The summed E-state index contributed by atoms with van der Waals surface area (Å²) in [6, 6.07) is 16.2. The van der Waals surface area contributed by atoms with Crippen molar-refractivity contribution in [1.82, 2.24) is 10.9 Å². The largest absolute Gasteiger partial charge is 0.483 e. The topological polar surface area (TPSA) is 96.5 Å². The maximum absolute atomic E-state index is 12.0. The molecule has 0 unspecified atom stereocenters. The van der Waals surface area contributed by atoms with Crippen molar-refractivity contribution in [3.8, 4) is 5.75 Å². The van der Waals surface area contributed by atoms with Crippen molar-refractivity contribution in [2.75, 3.05) is 11.9 Å². The number of fused-ring (bicyclic) bond motifs is 1. The first-order valence-corrected chi connectivity index (χ1v) is 11.4. The molecule has 32 heavy (non-hydrogen) atoms. The highest BCUT2D eigenvalue weighted by Crippen LogP contribution is 2.34. The van der Waals surface area contributed by atoms with Gasteiger partial charge in [-0.25, -0.2) is 0 Å². The number of benzene rings is 3. The molecule has 0 aliphatic rings. The highest BCUT2D eigenvalue weighted by atomic mass is 79.9. The molecular formula is C22H18Br2ClN3O4. The van der Waals surface area contributed by atoms with E-state index in [-0.39, 0.29) is 25.4 Å². The van der Waals surface area contributed by atoms with Crippen molar-refractivity contribution in [3.63, 3.8) is 0 Å². The summed E-state index contributed by atoms with van der Waals surface area (Å²) in [7, 11) is 0. The Kier molecular flexibility index (Phi) is 8.49. The van der Waals surface area contributed by atoms with Crippen LogP contribution in [-0.2, 0) is 14.4 Å². The van der Waals surface area contributed by atoms with Gasteiger partial charge in [-0.05, 0) is 57.0 Å². The van der Waals surface area contributed by atoms with Gasteiger partial charge in [-0.1, -0.05) is 51.8 Å². The predicted octanol–water partition coefficient (Wildman–Crippen LogP) is 4.96. The minimum Gasteiger partial charge on any atom is -0.483 e. The fourth-order valence-corrected chi connectivity index (χ4v) is 3.91. The van der Waals surface area contributed by atoms with Crippen LogP contribution in [0.4, 0.5) is 5.69 Å². The van der Waals surface area contributed by atoms with Crippen molar-refractivity contribution >= 4 is 77.6 Å². The van der Waals surface area contributed by atoms with Crippen molar-refractivity contribution < 1.29 is 19.1 Å². The quantitative estimate of drug-likeness (QED) is 0.343. The number of amides is 3. The Morgan fingerprint density at radius 2 is 1.59 bits per heavy atom. The molecule has 0 atom stereocenters. The summed E-state index contributed by atoms with van der Waals surface area (Å²) in [4.78, 5) is 35.8. The maximum Gasteiger partial charge on any atom is 0.276 e. The number of hydrogen-bond donors (Lipinski definition) is 3. The summed E-state index contributed by atoms with van der Waals surface area (Å²) in [6.07, 6.45) is -0.174. The van der Waals surface area contributed by atoms with E-state index in [9.17, 15) is 14.4 Å². The molecule has 3 N–H and O–H groups in total. The van der Waals surface area contributed by atoms with Crippen LogP contribution in [0.1, 0.15) is 12.8 Å². The van der Waals surface area contributed by atoms with Crippen LogP contribution in [0.25, 0.3) is 10.8 Å². The molecule has 0 aromatic heterocycles. The van der Waals surface area contributed by atoms with E-state index in [1.807, 2.05) is 24.3 Å². The average molecular weight is 584 g/mol. The van der Waals surface area contributed by atoms with Gasteiger partial charge in [0.25, 0.3) is 5.91 Å². The molecule has 3 rings (SSSR count). The molecule has 10 heteroatoms. The first kappa shape index (κ1) is 24.0. The van der Waals surface area contributed by atoms with E-state index in [1.165, 1.54) is 0 Å². The number of ether oxygens (including phenoxy) is 1. The van der Waals surface area contributed by atoms with Crippen LogP contribution in [0, 0.1) is 0 Å². The molecule has 0 saturated carbocycles. The number of anilines is 1. The maximum atomic E-state index is 12.0. The van der Waals surface area contributed by atoms with Gasteiger partial charge in [-0.2, -0.15) is 0 Å². The minimum absolute atomic E-state index is 0.0659. The van der Waals surface area contributed by atoms with Gasteiger partial charge in [-0.15, -0.1) is 0 Å². The van der Waals surface area contributed by atoms with Gasteiger partial charge < -0.3 is 10.1 Å². The third kappa shape index (κ3) is 6.69. The zero-order valence-corrected chi connectivity index (χ0v) is 20.5. The summed E-state index contributed by atoms with van der Waals surface area (Å²) >= 11 is 12.9. The number of rotatable bonds is 7. The first-order chi connectivity index (χ1) is 15.3. The molecule has 0 heterocycles. The number of hydrogen-bond acceptors (Lipinski definition) is 4. The number of carbonyl (C=O) groups is 3. The van der Waals surface area contributed by atoms with Gasteiger partial charge in [0, 0.05) is 17.3 Å². The Labute approximate surface area is 206 Å². The van der Waals surface area contributed by atoms with Crippen LogP contribution in [-0.4, -0.2) is 24.3 Å². The molecule has 3 aromatic carbocycles. The van der Waals surface area contributed by atoms with Crippen LogP contribution in [0.5, 0.6) is 5.75 Å². The molecule has 0 spiro atoms. The van der Waals surface area contributed by atoms with E-state index in [0.29, 0.717) is 16.5 Å².